The standard InChI is InChI=1S/C15H22O2S/c1-5-7-8-9-12-13(16)15(4,18-14(12)17)10-11(3)6-2/h6,10,16H,2,5,7-9H2,1,3-4H3/b11-10+/t15-/m1/s1. The first-order valence-corrected chi connectivity index (χ1v) is 7.24. The first-order valence-electron chi connectivity index (χ1n) is 6.42. The molecule has 0 aromatic carbocycles. The minimum atomic E-state index is -0.614. The van der Waals surface area contributed by atoms with Gasteiger partial charge in [-0.2, -0.15) is 0 Å². The fraction of sp³-hybridized carbons (Fsp3) is 0.533. The van der Waals surface area contributed by atoms with Crippen molar-refractivity contribution in [3.05, 3.63) is 35.6 Å². The van der Waals surface area contributed by atoms with E-state index in [1.165, 1.54) is 11.8 Å². The largest absolute Gasteiger partial charge is 0.510 e. The van der Waals surface area contributed by atoms with Gasteiger partial charge in [-0.1, -0.05) is 55.8 Å². The van der Waals surface area contributed by atoms with Gasteiger partial charge in [-0.15, -0.1) is 0 Å². The van der Waals surface area contributed by atoms with Crippen molar-refractivity contribution in [1.29, 1.82) is 0 Å². The Morgan fingerprint density at radius 3 is 2.72 bits per heavy atom. The highest BCUT2D eigenvalue weighted by molar-refractivity contribution is 8.16. The van der Waals surface area contributed by atoms with Crippen LogP contribution >= 0.6 is 11.8 Å². The van der Waals surface area contributed by atoms with Crippen LogP contribution in [0.4, 0.5) is 0 Å². The minimum Gasteiger partial charge on any atom is -0.510 e. The lowest BCUT2D eigenvalue weighted by molar-refractivity contribution is -0.108. The molecule has 1 heterocycles. The van der Waals surface area contributed by atoms with Gasteiger partial charge in [-0.3, -0.25) is 4.79 Å². The van der Waals surface area contributed by atoms with Crippen LogP contribution in [0.1, 0.15) is 46.5 Å². The highest BCUT2D eigenvalue weighted by Gasteiger charge is 2.41. The van der Waals surface area contributed by atoms with E-state index in [2.05, 4.69) is 13.5 Å². The molecule has 0 aromatic heterocycles. The minimum absolute atomic E-state index is 0.0132. The monoisotopic (exact) mass is 266 g/mol. The number of hydrogen-bond acceptors (Lipinski definition) is 3. The number of allylic oxidation sites excluding steroid dienone is 2. The van der Waals surface area contributed by atoms with Crippen molar-refractivity contribution < 1.29 is 9.90 Å². The van der Waals surface area contributed by atoms with Crippen LogP contribution in [0, 0.1) is 0 Å². The van der Waals surface area contributed by atoms with Gasteiger partial charge in [-0.05, 0) is 26.7 Å². The number of aliphatic hydroxyl groups is 1. The molecule has 3 heteroatoms. The van der Waals surface area contributed by atoms with Gasteiger partial charge < -0.3 is 5.11 Å². The summed E-state index contributed by atoms with van der Waals surface area (Å²) in [6.07, 6.45) is 7.49. The van der Waals surface area contributed by atoms with Crippen LogP contribution in [-0.4, -0.2) is 15.0 Å². The van der Waals surface area contributed by atoms with E-state index in [9.17, 15) is 9.90 Å². The molecule has 0 spiro atoms. The van der Waals surface area contributed by atoms with Gasteiger partial charge >= 0.3 is 0 Å². The summed E-state index contributed by atoms with van der Waals surface area (Å²) in [6.45, 7) is 9.62. The van der Waals surface area contributed by atoms with E-state index in [0.717, 1.165) is 24.8 Å². The second kappa shape index (κ2) is 6.28. The van der Waals surface area contributed by atoms with Crippen molar-refractivity contribution in [3.8, 4) is 0 Å². The molecule has 0 aromatic rings. The van der Waals surface area contributed by atoms with E-state index in [1.54, 1.807) is 6.08 Å². The second-order valence-corrected chi connectivity index (χ2v) is 6.30. The molecule has 1 aliphatic rings. The normalized spacial score (nSPS) is 24.8. The van der Waals surface area contributed by atoms with E-state index < -0.39 is 4.75 Å². The summed E-state index contributed by atoms with van der Waals surface area (Å²) in [5.74, 6) is 0.231. The van der Waals surface area contributed by atoms with E-state index in [0.29, 0.717) is 12.0 Å². The molecule has 0 fully saturated rings. The second-order valence-electron chi connectivity index (χ2n) is 4.87. The number of unbranched alkanes of at least 4 members (excludes halogenated alkanes) is 2. The molecule has 1 atom stereocenters. The Balaban J connectivity index is 2.92. The number of thioether (sulfide) groups is 1. The molecule has 0 bridgehead atoms. The Labute approximate surface area is 114 Å². The zero-order chi connectivity index (χ0) is 13.8. The Morgan fingerprint density at radius 2 is 2.17 bits per heavy atom. The van der Waals surface area contributed by atoms with Gasteiger partial charge in [0.25, 0.3) is 0 Å². The maximum absolute atomic E-state index is 12.0. The van der Waals surface area contributed by atoms with Crippen molar-refractivity contribution in [3.63, 3.8) is 0 Å². The fourth-order valence-corrected chi connectivity index (χ4v) is 3.23. The molecule has 0 saturated carbocycles. The first-order chi connectivity index (χ1) is 8.44. The molecular formula is C15H22O2S. The molecule has 1 N–H and O–H groups in total. The predicted octanol–water partition coefficient (Wildman–Crippen LogP) is 4.54. The van der Waals surface area contributed by atoms with Gasteiger partial charge in [0, 0.05) is 5.57 Å². The van der Waals surface area contributed by atoms with Crippen molar-refractivity contribution >= 4 is 16.9 Å². The highest BCUT2D eigenvalue weighted by Crippen LogP contribution is 2.45. The van der Waals surface area contributed by atoms with Crippen LogP contribution in [0.25, 0.3) is 0 Å². The van der Waals surface area contributed by atoms with E-state index in [1.807, 2.05) is 19.9 Å². The summed E-state index contributed by atoms with van der Waals surface area (Å²) < 4.78 is -0.614. The topological polar surface area (TPSA) is 37.3 Å². The number of carbonyl (C=O) groups excluding carboxylic acids is 1. The van der Waals surface area contributed by atoms with E-state index >= 15 is 0 Å². The fourth-order valence-electron chi connectivity index (χ4n) is 2.06. The zero-order valence-corrected chi connectivity index (χ0v) is 12.3. The first kappa shape index (κ1) is 15.1. The number of carbonyl (C=O) groups is 1. The number of aliphatic hydroxyl groups excluding tert-OH is 1. The molecule has 1 aliphatic heterocycles. The maximum atomic E-state index is 12.0. The van der Waals surface area contributed by atoms with Gasteiger partial charge in [0.2, 0.25) is 5.12 Å². The molecule has 0 unspecified atom stereocenters. The molecule has 0 amide bonds. The smallest absolute Gasteiger partial charge is 0.220 e. The van der Waals surface area contributed by atoms with Gasteiger partial charge in [0.15, 0.2) is 0 Å². The molecule has 2 nitrogen and oxygen atoms in total. The quantitative estimate of drug-likeness (QED) is 0.566. The molecule has 0 aliphatic carbocycles. The molecule has 100 valence electrons. The van der Waals surface area contributed by atoms with Crippen molar-refractivity contribution in [2.75, 3.05) is 0 Å². The van der Waals surface area contributed by atoms with E-state index in [4.69, 9.17) is 0 Å². The third-order valence-corrected chi connectivity index (χ3v) is 4.33. The summed E-state index contributed by atoms with van der Waals surface area (Å²) in [4.78, 5) is 12.0. The number of hydrogen-bond donors (Lipinski definition) is 1. The predicted molar refractivity (Wildman–Crippen MR) is 78.8 cm³/mol. The van der Waals surface area contributed by atoms with Crippen LogP contribution in [0.5, 0.6) is 0 Å². The van der Waals surface area contributed by atoms with Crippen LogP contribution in [-0.2, 0) is 4.79 Å². The van der Waals surface area contributed by atoms with Crippen LogP contribution in [0.15, 0.2) is 35.6 Å². The summed E-state index contributed by atoms with van der Waals surface area (Å²) in [5, 5.41) is 10.3. The van der Waals surface area contributed by atoms with E-state index in [-0.39, 0.29) is 10.9 Å². The summed E-state index contributed by atoms with van der Waals surface area (Å²) >= 11 is 1.20. The van der Waals surface area contributed by atoms with Gasteiger partial charge in [-0.25, -0.2) is 0 Å². The molecule has 0 radical (unpaired) electrons. The van der Waals surface area contributed by atoms with Crippen LogP contribution < -0.4 is 0 Å². The lowest BCUT2D eigenvalue weighted by atomic mass is 9.98. The Bertz CT molecular complexity index is 407. The average molecular weight is 266 g/mol. The number of rotatable bonds is 6. The molecule has 0 saturated heterocycles. The van der Waals surface area contributed by atoms with Crippen molar-refractivity contribution in [2.24, 2.45) is 0 Å². The van der Waals surface area contributed by atoms with Gasteiger partial charge in [0.05, 0.1) is 4.75 Å². The third kappa shape index (κ3) is 3.29. The van der Waals surface area contributed by atoms with Crippen molar-refractivity contribution in [1.82, 2.24) is 0 Å². The molecule has 18 heavy (non-hydrogen) atoms. The average Bonchev–Trinajstić information content (AvgIpc) is 2.52. The van der Waals surface area contributed by atoms with Crippen LogP contribution in [0.3, 0.4) is 0 Å². The summed E-state index contributed by atoms with van der Waals surface area (Å²) in [7, 11) is 0. The zero-order valence-electron chi connectivity index (χ0n) is 11.5. The summed E-state index contributed by atoms with van der Waals surface area (Å²) in [6, 6.07) is 0. The third-order valence-electron chi connectivity index (χ3n) is 3.16. The van der Waals surface area contributed by atoms with Gasteiger partial charge in [0.1, 0.15) is 5.76 Å². The molecular weight excluding hydrogens is 244 g/mol. The lowest BCUT2D eigenvalue weighted by Crippen LogP contribution is -2.17. The highest BCUT2D eigenvalue weighted by atomic mass is 32.2. The maximum Gasteiger partial charge on any atom is 0.220 e. The summed E-state index contributed by atoms with van der Waals surface area (Å²) in [5.41, 5.74) is 1.57. The Kier molecular flexibility index (Phi) is 5.27. The Hall–Kier alpha value is -0.960. The molecule has 1 rings (SSSR count). The van der Waals surface area contributed by atoms with Crippen molar-refractivity contribution in [2.45, 2.75) is 51.2 Å². The lowest BCUT2D eigenvalue weighted by Gasteiger charge is -2.18. The SMILES string of the molecule is C=C/C(C)=C/[C@@]1(C)SC(=O)C(CCCCC)=C1O. The Morgan fingerprint density at radius 1 is 1.50 bits per heavy atom. The van der Waals surface area contributed by atoms with Crippen LogP contribution in [0.2, 0.25) is 0 Å².